The van der Waals surface area contributed by atoms with Gasteiger partial charge in [0.05, 0.1) is 5.92 Å². The monoisotopic (exact) mass is 667 g/mol. The van der Waals surface area contributed by atoms with Crippen LogP contribution in [0, 0.1) is 5.92 Å². The Balaban J connectivity index is 4.10. The van der Waals surface area contributed by atoms with Gasteiger partial charge < -0.3 is 14.2 Å². The number of carbonyl (C=O) groups is 3. The minimum absolute atomic E-state index is 0.0755. The van der Waals surface area contributed by atoms with Gasteiger partial charge in [0.1, 0.15) is 13.2 Å². The fraction of sp³-hybridized carbons (Fsp3) is 0.927. The highest BCUT2D eigenvalue weighted by Crippen LogP contribution is 2.15. The van der Waals surface area contributed by atoms with Gasteiger partial charge in [-0.25, -0.2) is 0 Å². The van der Waals surface area contributed by atoms with Crippen LogP contribution in [0.5, 0.6) is 0 Å². The molecule has 0 spiro atoms. The topological polar surface area (TPSA) is 78.9 Å². The van der Waals surface area contributed by atoms with E-state index in [4.69, 9.17) is 14.2 Å². The highest BCUT2D eigenvalue weighted by atomic mass is 16.6. The van der Waals surface area contributed by atoms with Crippen molar-refractivity contribution in [3.8, 4) is 0 Å². The summed E-state index contributed by atoms with van der Waals surface area (Å²) in [5.74, 6) is -1.15. The Hall–Kier alpha value is -1.59. The number of hydrogen-bond acceptors (Lipinski definition) is 6. The van der Waals surface area contributed by atoms with Crippen molar-refractivity contribution in [1.82, 2.24) is 0 Å². The molecule has 0 saturated carbocycles. The van der Waals surface area contributed by atoms with Crippen molar-refractivity contribution in [3.63, 3.8) is 0 Å². The minimum Gasteiger partial charge on any atom is -0.462 e. The summed E-state index contributed by atoms with van der Waals surface area (Å²) < 4.78 is 16.5. The van der Waals surface area contributed by atoms with Gasteiger partial charge in [-0.1, -0.05) is 188 Å². The summed E-state index contributed by atoms with van der Waals surface area (Å²) in [6, 6.07) is 0. The van der Waals surface area contributed by atoms with E-state index in [2.05, 4.69) is 13.8 Å². The Kier molecular flexibility index (Phi) is 34.5. The predicted molar refractivity (Wildman–Crippen MR) is 196 cm³/mol. The Morgan fingerprint density at radius 2 is 0.723 bits per heavy atom. The van der Waals surface area contributed by atoms with Crippen LogP contribution in [0.25, 0.3) is 0 Å². The molecular weight excluding hydrogens is 588 g/mol. The molecule has 0 radical (unpaired) electrons. The molecule has 0 amide bonds. The number of rotatable bonds is 36. The maximum absolute atomic E-state index is 12.5. The zero-order valence-electron chi connectivity index (χ0n) is 31.7. The van der Waals surface area contributed by atoms with Crippen LogP contribution >= 0.6 is 0 Å². The van der Waals surface area contributed by atoms with Crippen molar-refractivity contribution in [2.45, 2.75) is 226 Å². The van der Waals surface area contributed by atoms with Crippen LogP contribution in [-0.4, -0.2) is 37.2 Å². The maximum atomic E-state index is 12.5. The van der Waals surface area contributed by atoms with Gasteiger partial charge in [-0.3, -0.25) is 14.4 Å². The number of unbranched alkanes of at least 4 members (excludes halogenated alkanes) is 24. The van der Waals surface area contributed by atoms with Crippen LogP contribution in [-0.2, 0) is 28.6 Å². The third kappa shape index (κ3) is 32.7. The molecule has 0 aromatic heterocycles. The summed E-state index contributed by atoms with van der Waals surface area (Å²) in [6.45, 7) is 8.23. The molecule has 0 bridgehead atoms. The fourth-order valence-corrected chi connectivity index (χ4v) is 6.04. The van der Waals surface area contributed by atoms with Gasteiger partial charge in [-0.2, -0.15) is 0 Å². The molecule has 47 heavy (non-hydrogen) atoms. The highest BCUT2D eigenvalue weighted by Gasteiger charge is 2.22. The van der Waals surface area contributed by atoms with Gasteiger partial charge in [-0.15, -0.1) is 0 Å². The zero-order valence-corrected chi connectivity index (χ0v) is 31.7. The SMILES string of the molecule is CCCCCCCCCCCCCCCC(=O)OCC(COC(=O)CCCCCCCCCCCCCCC)OC(=O)C(C)CCC. The van der Waals surface area contributed by atoms with E-state index >= 15 is 0 Å². The Morgan fingerprint density at radius 1 is 0.426 bits per heavy atom. The van der Waals surface area contributed by atoms with Crippen LogP contribution in [0.3, 0.4) is 0 Å². The molecule has 6 nitrogen and oxygen atoms in total. The molecule has 1 atom stereocenters. The molecule has 6 heteroatoms. The summed E-state index contributed by atoms with van der Waals surface area (Å²) in [5.41, 5.74) is 0. The van der Waals surface area contributed by atoms with E-state index in [9.17, 15) is 14.4 Å². The van der Waals surface area contributed by atoms with Crippen molar-refractivity contribution < 1.29 is 28.6 Å². The summed E-state index contributed by atoms with van der Waals surface area (Å²) in [4.78, 5) is 37.3. The van der Waals surface area contributed by atoms with Gasteiger partial charge in [0.2, 0.25) is 0 Å². The zero-order chi connectivity index (χ0) is 34.6. The number of hydrogen-bond donors (Lipinski definition) is 0. The third-order valence-corrected chi connectivity index (χ3v) is 9.24. The molecule has 0 heterocycles. The van der Waals surface area contributed by atoms with Gasteiger partial charge in [0.25, 0.3) is 0 Å². The molecular formula is C41H78O6. The van der Waals surface area contributed by atoms with E-state index in [0.717, 1.165) is 51.4 Å². The van der Waals surface area contributed by atoms with Crippen LogP contribution in [0.4, 0.5) is 0 Å². The first-order chi connectivity index (χ1) is 22.9. The third-order valence-electron chi connectivity index (χ3n) is 9.24. The Bertz CT molecular complexity index is 662. The molecule has 0 aromatic carbocycles. The van der Waals surface area contributed by atoms with Gasteiger partial charge in [-0.05, 0) is 19.3 Å². The highest BCUT2D eigenvalue weighted by molar-refractivity contribution is 5.72. The lowest BCUT2D eigenvalue weighted by atomic mass is 10.0. The van der Waals surface area contributed by atoms with Crippen molar-refractivity contribution in [1.29, 1.82) is 0 Å². The van der Waals surface area contributed by atoms with Crippen molar-refractivity contribution in [3.05, 3.63) is 0 Å². The summed E-state index contributed by atoms with van der Waals surface area (Å²) in [7, 11) is 0. The lowest BCUT2D eigenvalue weighted by Gasteiger charge is -2.20. The molecule has 0 saturated heterocycles. The maximum Gasteiger partial charge on any atom is 0.309 e. The molecule has 0 N–H and O–H groups in total. The van der Waals surface area contributed by atoms with E-state index in [-0.39, 0.29) is 37.0 Å². The first-order valence-corrected chi connectivity index (χ1v) is 20.5. The molecule has 278 valence electrons. The second-order valence-corrected chi connectivity index (χ2v) is 14.1. The van der Waals surface area contributed by atoms with Gasteiger partial charge in [0.15, 0.2) is 6.10 Å². The second-order valence-electron chi connectivity index (χ2n) is 14.1. The molecule has 0 aliphatic carbocycles. The quantitative estimate of drug-likeness (QED) is 0.0376. The van der Waals surface area contributed by atoms with Crippen LogP contribution in [0.15, 0.2) is 0 Å². The van der Waals surface area contributed by atoms with Crippen LogP contribution < -0.4 is 0 Å². The van der Waals surface area contributed by atoms with Crippen LogP contribution in [0.2, 0.25) is 0 Å². The fourth-order valence-electron chi connectivity index (χ4n) is 6.04. The van der Waals surface area contributed by atoms with Crippen LogP contribution in [0.1, 0.15) is 220 Å². The van der Waals surface area contributed by atoms with Gasteiger partial charge >= 0.3 is 17.9 Å². The van der Waals surface area contributed by atoms with E-state index in [1.54, 1.807) is 0 Å². The smallest absolute Gasteiger partial charge is 0.309 e. The molecule has 0 aliphatic rings. The second kappa shape index (κ2) is 35.7. The molecule has 0 rings (SSSR count). The normalized spacial score (nSPS) is 11.9. The largest absolute Gasteiger partial charge is 0.462 e. The van der Waals surface area contributed by atoms with Crippen molar-refractivity contribution >= 4 is 17.9 Å². The summed E-state index contributed by atoms with van der Waals surface area (Å²) in [6.07, 6.45) is 34.2. The lowest BCUT2D eigenvalue weighted by Crippen LogP contribution is -2.32. The average molecular weight is 667 g/mol. The first kappa shape index (κ1) is 45.4. The molecule has 0 fully saturated rings. The standard InChI is InChI=1S/C41H78O6/c1-5-8-10-12-14-16-18-20-22-24-26-28-30-33-39(42)45-35-38(47-41(44)37(4)32-7-3)36-46-40(43)34-31-29-27-25-23-21-19-17-15-13-11-9-6-2/h37-38H,5-36H2,1-4H3. The molecule has 0 aliphatic heterocycles. The summed E-state index contributed by atoms with van der Waals surface area (Å²) in [5, 5.41) is 0. The lowest BCUT2D eigenvalue weighted by molar-refractivity contribution is -0.169. The number of ether oxygens (including phenoxy) is 3. The Labute approximate surface area is 291 Å². The average Bonchev–Trinajstić information content (AvgIpc) is 3.06. The van der Waals surface area contributed by atoms with E-state index in [1.165, 1.54) is 128 Å². The van der Waals surface area contributed by atoms with Crippen molar-refractivity contribution in [2.75, 3.05) is 13.2 Å². The first-order valence-electron chi connectivity index (χ1n) is 20.5. The molecule has 1 unspecified atom stereocenters. The predicted octanol–water partition coefficient (Wildman–Crippen LogP) is 12.4. The van der Waals surface area contributed by atoms with Gasteiger partial charge in [0, 0.05) is 12.8 Å². The summed E-state index contributed by atoms with van der Waals surface area (Å²) >= 11 is 0. The minimum atomic E-state index is -0.770. The van der Waals surface area contributed by atoms with E-state index in [0.29, 0.717) is 12.8 Å². The Morgan fingerprint density at radius 3 is 1.02 bits per heavy atom. The molecule has 0 aromatic rings. The van der Waals surface area contributed by atoms with Crippen molar-refractivity contribution in [2.24, 2.45) is 5.92 Å². The number of esters is 3. The number of carbonyl (C=O) groups excluding carboxylic acids is 3. The van der Waals surface area contributed by atoms with E-state index < -0.39 is 6.10 Å². The van der Waals surface area contributed by atoms with E-state index in [1.807, 2.05) is 13.8 Å².